The standard InChI is InChI=1S/C35H41N9O3/c1-9-31(45)44-15-14-43(19-35(44,6)7)30-13-11-24-32(39-30)33(37-21-36-24)38-26-16-22(2)28(18-29(26)46-20-34(3,4)5)47-23-10-12-27-25(17-23)40-41-42(27)8/h9-13,16-18,21H,1,14-15,19-20H2,2-8H3,(H,36,37,38). The van der Waals surface area contributed by atoms with Crippen molar-refractivity contribution in [1.29, 1.82) is 0 Å². The van der Waals surface area contributed by atoms with E-state index in [2.05, 4.69) is 71.7 Å². The van der Waals surface area contributed by atoms with Crippen LogP contribution in [0.3, 0.4) is 0 Å². The van der Waals surface area contributed by atoms with E-state index in [0.29, 0.717) is 60.3 Å². The zero-order chi connectivity index (χ0) is 33.5. The number of pyridine rings is 1. The minimum Gasteiger partial charge on any atom is -0.491 e. The average molecular weight is 636 g/mol. The molecule has 1 saturated heterocycles. The lowest BCUT2D eigenvalue weighted by atomic mass is 9.98. The summed E-state index contributed by atoms with van der Waals surface area (Å²) in [5.41, 5.74) is 4.17. The van der Waals surface area contributed by atoms with Gasteiger partial charge >= 0.3 is 0 Å². The third kappa shape index (κ3) is 6.67. The van der Waals surface area contributed by atoms with Crippen molar-refractivity contribution >= 4 is 45.3 Å². The Balaban J connectivity index is 1.32. The molecule has 1 fully saturated rings. The van der Waals surface area contributed by atoms with Crippen LogP contribution in [0, 0.1) is 12.3 Å². The second kappa shape index (κ2) is 12.2. The molecular weight excluding hydrogens is 594 g/mol. The summed E-state index contributed by atoms with van der Waals surface area (Å²) in [7, 11) is 1.86. The average Bonchev–Trinajstić information content (AvgIpc) is 3.39. The first kappa shape index (κ1) is 31.7. The van der Waals surface area contributed by atoms with Gasteiger partial charge in [-0.1, -0.05) is 32.6 Å². The Labute approximate surface area is 274 Å². The minimum absolute atomic E-state index is 0.0659. The van der Waals surface area contributed by atoms with Gasteiger partial charge < -0.3 is 24.6 Å². The summed E-state index contributed by atoms with van der Waals surface area (Å²) in [6.07, 6.45) is 2.90. The van der Waals surface area contributed by atoms with Gasteiger partial charge in [-0.3, -0.25) is 4.79 Å². The summed E-state index contributed by atoms with van der Waals surface area (Å²) in [5, 5.41) is 11.8. The number of carbonyl (C=O) groups excluding carboxylic acids is 1. The quantitative estimate of drug-likeness (QED) is 0.198. The van der Waals surface area contributed by atoms with E-state index in [1.54, 1.807) is 4.68 Å². The molecule has 4 heterocycles. The van der Waals surface area contributed by atoms with E-state index in [1.807, 2.05) is 61.3 Å². The van der Waals surface area contributed by atoms with Crippen molar-refractivity contribution in [3.8, 4) is 17.2 Å². The van der Waals surface area contributed by atoms with Gasteiger partial charge in [0.15, 0.2) is 5.82 Å². The number of anilines is 3. The van der Waals surface area contributed by atoms with Crippen molar-refractivity contribution in [2.75, 3.05) is 36.5 Å². The molecule has 2 aromatic carbocycles. The molecular formula is C35H41N9O3. The SMILES string of the molecule is C=CC(=O)N1CCN(c2ccc3ncnc(Nc4cc(C)c(Oc5ccc6c(c5)nnn6C)cc4OCC(C)(C)C)c3n2)CC1(C)C. The number of nitrogens with zero attached hydrogens (tertiary/aromatic N) is 8. The van der Waals surface area contributed by atoms with Gasteiger partial charge in [0.1, 0.15) is 40.4 Å². The van der Waals surface area contributed by atoms with E-state index in [9.17, 15) is 4.79 Å². The number of aryl methyl sites for hydroxylation is 2. The van der Waals surface area contributed by atoms with Crippen molar-refractivity contribution in [2.24, 2.45) is 12.5 Å². The monoisotopic (exact) mass is 635 g/mol. The largest absolute Gasteiger partial charge is 0.491 e. The van der Waals surface area contributed by atoms with Crippen LogP contribution < -0.4 is 19.7 Å². The first-order chi connectivity index (χ1) is 22.3. The molecule has 244 valence electrons. The predicted molar refractivity (Wildman–Crippen MR) is 184 cm³/mol. The van der Waals surface area contributed by atoms with Gasteiger partial charge in [-0.15, -0.1) is 5.10 Å². The Bertz CT molecular complexity index is 1980. The predicted octanol–water partition coefficient (Wildman–Crippen LogP) is 6.19. The van der Waals surface area contributed by atoms with Gasteiger partial charge in [0, 0.05) is 38.8 Å². The summed E-state index contributed by atoms with van der Waals surface area (Å²) >= 11 is 0. The second-order valence-electron chi connectivity index (χ2n) is 13.7. The van der Waals surface area contributed by atoms with Crippen LogP contribution in [0.2, 0.25) is 0 Å². The molecule has 1 N–H and O–H groups in total. The molecule has 47 heavy (non-hydrogen) atoms. The molecule has 0 saturated carbocycles. The molecule has 0 spiro atoms. The molecule has 0 atom stereocenters. The van der Waals surface area contributed by atoms with E-state index in [0.717, 1.165) is 28.1 Å². The molecule has 12 heteroatoms. The summed E-state index contributed by atoms with van der Waals surface area (Å²) in [6.45, 7) is 18.5. The molecule has 0 radical (unpaired) electrons. The van der Waals surface area contributed by atoms with Crippen molar-refractivity contribution in [2.45, 2.75) is 47.1 Å². The number of fused-ring (bicyclic) bond motifs is 2. The van der Waals surface area contributed by atoms with E-state index in [-0.39, 0.29) is 11.3 Å². The lowest BCUT2D eigenvalue weighted by Gasteiger charge is -2.47. The van der Waals surface area contributed by atoms with Gasteiger partial charge in [0.05, 0.1) is 28.9 Å². The number of amides is 1. The van der Waals surface area contributed by atoms with Gasteiger partial charge in [-0.05, 0) is 68.2 Å². The number of ether oxygens (including phenoxy) is 2. The number of piperazine rings is 1. The van der Waals surface area contributed by atoms with Crippen LogP contribution in [0.15, 0.2) is 61.4 Å². The summed E-state index contributed by atoms with van der Waals surface area (Å²) < 4.78 is 14.5. The van der Waals surface area contributed by atoms with E-state index in [1.165, 1.54) is 12.4 Å². The topological polar surface area (TPSA) is 123 Å². The molecule has 12 nitrogen and oxygen atoms in total. The van der Waals surface area contributed by atoms with Crippen molar-refractivity contribution < 1.29 is 14.3 Å². The molecule has 1 aliphatic heterocycles. The van der Waals surface area contributed by atoms with E-state index < -0.39 is 5.54 Å². The van der Waals surface area contributed by atoms with Gasteiger partial charge in [0.25, 0.3) is 0 Å². The second-order valence-corrected chi connectivity index (χ2v) is 13.7. The summed E-state index contributed by atoms with van der Waals surface area (Å²) in [6, 6.07) is 13.5. The number of hydrogen-bond donors (Lipinski definition) is 1. The van der Waals surface area contributed by atoms with Crippen molar-refractivity contribution in [3.05, 3.63) is 67.0 Å². The van der Waals surface area contributed by atoms with Crippen LogP contribution in [0.4, 0.5) is 17.3 Å². The van der Waals surface area contributed by atoms with Crippen LogP contribution in [0.25, 0.3) is 22.1 Å². The Morgan fingerprint density at radius 3 is 2.62 bits per heavy atom. The molecule has 5 aromatic rings. The highest BCUT2D eigenvalue weighted by Gasteiger charge is 2.36. The summed E-state index contributed by atoms with van der Waals surface area (Å²) in [5.74, 6) is 3.21. The van der Waals surface area contributed by atoms with E-state index in [4.69, 9.17) is 14.5 Å². The van der Waals surface area contributed by atoms with Gasteiger partial charge in [0.2, 0.25) is 5.91 Å². The number of nitrogens with one attached hydrogen (secondary N) is 1. The third-order valence-corrected chi connectivity index (χ3v) is 8.13. The lowest BCUT2D eigenvalue weighted by molar-refractivity contribution is -0.131. The zero-order valence-electron chi connectivity index (χ0n) is 28.0. The summed E-state index contributed by atoms with van der Waals surface area (Å²) in [4.78, 5) is 30.6. The fourth-order valence-electron chi connectivity index (χ4n) is 5.70. The van der Waals surface area contributed by atoms with Crippen LogP contribution in [0.1, 0.15) is 40.2 Å². The Morgan fingerprint density at radius 2 is 1.87 bits per heavy atom. The molecule has 1 amide bonds. The smallest absolute Gasteiger partial charge is 0.246 e. The Morgan fingerprint density at radius 1 is 1.06 bits per heavy atom. The number of benzene rings is 2. The van der Waals surface area contributed by atoms with Crippen LogP contribution in [-0.4, -0.2) is 72.5 Å². The minimum atomic E-state index is -0.394. The highest BCUT2D eigenvalue weighted by Crippen LogP contribution is 2.39. The molecule has 0 unspecified atom stereocenters. The first-order valence-corrected chi connectivity index (χ1v) is 15.6. The molecule has 1 aliphatic rings. The van der Waals surface area contributed by atoms with Gasteiger partial charge in [-0.2, -0.15) is 0 Å². The number of hydrogen-bond acceptors (Lipinski definition) is 10. The molecule has 3 aromatic heterocycles. The number of rotatable bonds is 8. The highest BCUT2D eigenvalue weighted by molar-refractivity contribution is 5.89. The van der Waals surface area contributed by atoms with E-state index >= 15 is 0 Å². The van der Waals surface area contributed by atoms with Crippen molar-refractivity contribution in [1.82, 2.24) is 34.8 Å². The van der Waals surface area contributed by atoms with Crippen molar-refractivity contribution in [3.63, 3.8) is 0 Å². The zero-order valence-corrected chi connectivity index (χ0v) is 28.0. The van der Waals surface area contributed by atoms with Crippen LogP contribution in [0.5, 0.6) is 17.2 Å². The molecule has 0 aliphatic carbocycles. The fourth-order valence-corrected chi connectivity index (χ4v) is 5.70. The first-order valence-electron chi connectivity index (χ1n) is 15.6. The lowest BCUT2D eigenvalue weighted by Crippen LogP contribution is -2.61. The maximum atomic E-state index is 12.5. The highest BCUT2D eigenvalue weighted by atomic mass is 16.5. The Hall–Kier alpha value is -5.26. The van der Waals surface area contributed by atoms with Crippen LogP contribution in [-0.2, 0) is 11.8 Å². The maximum Gasteiger partial charge on any atom is 0.246 e. The van der Waals surface area contributed by atoms with Gasteiger partial charge in [-0.25, -0.2) is 19.6 Å². The molecule has 0 bridgehead atoms. The molecule has 6 rings (SSSR count). The number of aromatic nitrogens is 6. The third-order valence-electron chi connectivity index (χ3n) is 8.13. The normalized spacial score (nSPS) is 14.8. The fraction of sp³-hybridized carbons (Fsp3) is 0.371. The Kier molecular flexibility index (Phi) is 8.20. The maximum absolute atomic E-state index is 12.5. The number of carbonyl (C=O) groups is 1. The van der Waals surface area contributed by atoms with Crippen LogP contribution >= 0.6 is 0 Å².